The molecule has 2 aromatic heterocycles. The largest absolute Gasteiger partial charge is 0.483 e. The minimum atomic E-state index is -5.50. The summed E-state index contributed by atoms with van der Waals surface area (Å²) in [6.45, 7) is 0.291. The van der Waals surface area contributed by atoms with Gasteiger partial charge in [-0.2, -0.15) is 9.29 Å². The van der Waals surface area contributed by atoms with E-state index in [1.165, 1.54) is 6.92 Å². The predicted octanol–water partition coefficient (Wildman–Crippen LogP) is -3.60. The average molecular weight is 589 g/mol. The van der Waals surface area contributed by atoms with Crippen LogP contribution in [0.1, 0.15) is 13.2 Å². The molecular formula is C16H25N5O15P2. The van der Waals surface area contributed by atoms with Gasteiger partial charge in [-0.05, 0) is 6.92 Å². The lowest BCUT2D eigenvalue weighted by Gasteiger charge is -2.38. The summed E-state index contributed by atoms with van der Waals surface area (Å²) in [6.07, 6.45) is -13.8. The normalized spacial score (nSPS) is 37.2. The van der Waals surface area contributed by atoms with Crippen LogP contribution in [0.3, 0.4) is 0 Å². The van der Waals surface area contributed by atoms with Gasteiger partial charge in [0.05, 0.1) is 19.0 Å². The van der Waals surface area contributed by atoms with Crippen molar-refractivity contribution in [2.75, 3.05) is 12.3 Å². The van der Waals surface area contributed by atoms with Gasteiger partial charge in [-0.1, -0.05) is 0 Å². The van der Waals surface area contributed by atoms with E-state index in [9.17, 15) is 49.2 Å². The van der Waals surface area contributed by atoms with Crippen molar-refractivity contribution in [2.45, 2.75) is 62.2 Å². The first kappa shape index (κ1) is 29.1. The lowest BCUT2D eigenvalue weighted by Crippen LogP contribution is -2.57. The highest BCUT2D eigenvalue weighted by molar-refractivity contribution is 7.61. The maximum absolute atomic E-state index is 12.3. The van der Waals surface area contributed by atoms with Crippen LogP contribution in [0, 0.1) is 0 Å². The van der Waals surface area contributed by atoms with Gasteiger partial charge in [0.1, 0.15) is 36.6 Å². The molecule has 0 radical (unpaired) electrons. The maximum Gasteiger partial charge on any atom is 0.483 e. The zero-order chi connectivity index (χ0) is 28.2. The third kappa shape index (κ3) is 5.83. The number of ether oxygens (including phenoxy) is 2. The molecule has 2 fully saturated rings. The lowest BCUT2D eigenvalue weighted by molar-refractivity contribution is -0.271. The molecule has 2 aromatic rings. The second-order valence-corrected chi connectivity index (χ2v) is 11.4. The van der Waals surface area contributed by atoms with E-state index in [1.54, 1.807) is 0 Å². The van der Waals surface area contributed by atoms with Gasteiger partial charge in [0, 0.05) is 0 Å². The molecule has 11 atom stereocenters. The molecule has 2 aliphatic heterocycles. The summed E-state index contributed by atoms with van der Waals surface area (Å²) >= 11 is 0. The maximum atomic E-state index is 12.3. The number of nitrogen functional groups attached to an aromatic ring is 1. The number of fused-ring (bicyclic) bond motifs is 1. The number of phosphoric ester groups is 2. The second kappa shape index (κ2) is 10.6. The molecular weight excluding hydrogens is 564 g/mol. The van der Waals surface area contributed by atoms with E-state index in [0.717, 1.165) is 10.9 Å². The van der Waals surface area contributed by atoms with Crippen LogP contribution in [-0.2, 0) is 32.0 Å². The monoisotopic (exact) mass is 589 g/mol. The van der Waals surface area contributed by atoms with Crippen molar-refractivity contribution in [3.8, 4) is 0 Å². The fraction of sp³-hybridized carbons (Fsp3) is 0.688. The van der Waals surface area contributed by atoms with Crippen LogP contribution in [0.15, 0.2) is 11.1 Å². The molecule has 20 nitrogen and oxygen atoms in total. The molecule has 4 rings (SSSR count). The number of nitrogens with zero attached hydrogens (tertiary/aromatic N) is 3. The van der Waals surface area contributed by atoms with Crippen molar-refractivity contribution in [2.24, 2.45) is 0 Å². The summed E-state index contributed by atoms with van der Waals surface area (Å²) in [6, 6.07) is 0. The summed E-state index contributed by atoms with van der Waals surface area (Å²) in [7, 11) is -10.9. The third-order valence-electron chi connectivity index (χ3n) is 5.72. The van der Waals surface area contributed by atoms with Crippen molar-refractivity contribution < 1.29 is 67.3 Å². The number of aliphatic hydroxyl groups is 5. The molecule has 2 saturated heterocycles. The highest BCUT2D eigenvalue weighted by Crippen LogP contribution is 2.61. The number of aromatic nitrogens is 4. The number of nitrogens with one attached hydrogen (secondary N) is 1. The van der Waals surface area contributed by atoms with Crippen LogP contribution < -0.4 is 11.3 Å². The summed E-state index contributed by atoms with van der Waals surface area (Å²) in [4.78, 5) is 41.7. The van der Waals surface area contributed by atoms with Crippen LogP contribution in [0.4, 0.5) is 5.95 Å². The van der Waals surface area contributed by atoms with Crippen molar-refractivity contribution in [3.63, 3.8) is 0 Å². The molecule has 0 aliphatic carbocycles. The Hall–Kier alpha value is -1.87. The first-order chi connectivity index (χ1) is 17.6. The van der Waals surface area contributed by atoms with Gasteiger partial charge >= 0.3 is 15.6 Å². The van der Waals surface area contributed by atoms with Crippen molar-refractivity contribution in [1.82, 2.24) is 19.5 Å². The summed E-state index contributed by atoms with van der Waals surface area (Å²) in [5.74, 6) is -0.266. The molecule has 0 spiro atoms. The van der Waals surface area contributed by atoms with Crippen LogP contribution in [0.2, 0.25) is 0 Å². The highest BCUT2D eigenvalue weighted by Gasteiger charge is 2.49. The average Bonchev–Trinajstić information content (AvgIpc) is 3.35. The number of anilines is 1. The van der Waals surface area contributed by atoms with Crippen molar-refractivity contribution >= 4 is 32.8 Å². The Kier molecular flexibility index (Phi) is 8.12. The van der Waals surface area contributed by atoms with Gasteiger partial charge in [-0.3, -0.25) is 23.4 Å². The molecule has 0 bridgehead atoms. The van der Waals surface area contributed by atoms with Crippen LogP contribution in [-0.4, -0.2) is 110 Å². The summed E-state index contributed by atoms with van der Waals surface area (Å²) in [5.41, 5.74) is 4.59. The van der Waals surface area contributed by atoms with E-state index >= 15 is 0 Å². The number of phosphoric acid groups is 2. The predicted molar refractivity (Wildman–Crippen MR) is 119 cm³/mol. The van der Waals surface area contributed by atoms with Gasteiger partial charge < -0.3 is 50.5 Å². The number of imidazole rings is 1. The van der Waals surface area contributed by atoms with E-state index in [4.69, 9.17) is 15.2 Å². The van der Waals surface area contributed by atoms with Crippen LogP contribution in [0.25, 0.3) is 11.2 Å². The van der Waals surface area contributed by atoms with Gasteiger partial charge in [0.15, 0.2) is 23.7 Å². The molecule has 0 amide bonds. The molecule has 22 heteroatoms. The standard InChI is InChI=1S/C16H25N5O15P2/c1-4-7(22)9(24)11(26)15(33-4)35-38(30,31)36-37(28,29)32-2-5-8(23)10(25)14(34-5)21-3-18-6-12(21)19-16(17)20-13(6)27/h3-5,7-11,14-15,22-26H,2H2,1H3,(H,28,29)(H,30,31)(H3,17,19,20,27)/t4?,5-,7+,8+,9-,10?,11?,14-,15+/m1/s1. The smallest absolute Gasteiger partial charge is 0.388 e. The van der Waals surface area contributed by atoms with Crippen molar-refractivity contribution in [1.29, 1.82) is 0 Å². The quantitative estimate of drug-likeness (QED) is 0.134. The molecule has 0 aromatic carbocycles. The molecule has 214 valence electrons. The Morgan fingerprint density at radius 1 is 1.05 bits per heavy atom. The Bertz CT molecular complexity index is 1320. The number of nitrogens with two attached hydrogens (primary N) is 1. The summed E-state index contributed by atoms with van der Waals surface area (Å²) < 4.78 is 49.3. The first-order valence-electron chi connectivity index (χ1n) is 10.7. The zero-order valence-corrected chi connectivity index (χ0v) is 21.0. The molecule has 0 saturated carbocycles. The minimum absolute atomic E-state index is 0.0994. The molecule has 4 heterocycles. The number of aliphatic hydroxyl groups excluding tert-OH is 5. The topological polar surface area (TPSA) is 311 Å². The number of H-pyrrole nitrogens is 1. The third-order valence-corrected chi connectivity index (χ3v) is 8.32. The molecule has 38 heavy (non-hydrogen) atoms. The minimum Gasteiger partial charge on any atom is -0.388 e. The number of aromatic amines is 1. The second-order valence-electron chi connectivity index (χ2n) is 8.42. The SMILES string of the molecule is CC1O[C@@H](OP(=O)(O)OP(=O)(O)OC[C@H]2O[C@@H](n3cnc4c(=O)[nH]c(N)nc43)C(O)[C@H]2O)C(O)[C@H](O)[C@H]1O. The lowest BCUT2D eigenvalue weighted by atomic mass is 10.0. The molecule has 5 unspecified atom stereocenters. The highest BCUT2D eigenvalue weighted by atomic mass is 31.3. The van der Waals surface area contributed by atoms with E-state index in [0.29, 0.717) is 0 Å². The van der Waals surface area contributed by atoms with Crippen LogP contribution >= 0.6 is 15.6 Å². The summed E-state index contributed by atoms with van der Waals surface area (Å²) in [5, 5.41) is 50.0. The van der Waals surface area contributed by atoms with E-state index < -0.39 is 83.1 Å². The fourth-order valence-electron chi connectivity index (χ4n) is 3.80. The number of hydrogen-bond donors (Lipinski definition) is 9. The van der Waals surface area contributed by atoms with E-state index in [-0.39, 0.29) is 17.1 Å². The number of hydrogen-bond acceptors (Lipinski definition) is 16. The van der Waals surface area contributed by atoms with Gasteiger partial charge in [0.2, 0.25) is 5.95 Å². The Labute approximate surface area is 211 Å². The Balaban J connectivity index is 1.39. The Morgan fingerprint density at radius 2 is 1.74 bits per heavy atom. The first-order valence-corrected chi connectivity index (χ1v) is 13.7. The molecule has 2 aliphatic rings. The van der Waals surface area contributed by atoms with Crippen molar-refractivity contribution in [3.05, 3.63) is 16.7 Å². The van der Waals surface area contributed by atoms with E-state index in [1.807, 2.05) is 0 Å². The van der Waals surface area contributed by atoms with Crippen LogP contribution in [0.5, 0.6) is 0 Å². The van der Waals surface area contributed by atoms with E-state index in [2.05, 4.69) is 28.3 Å². The van der Waals surface area contributed by atoms with Gasteiger partial charge in [-0.25, -0.2) is 14.1 Å². The fourth-order valence-corrected chi connectivity index (χ4v) is 5.96. The molecule has 10 N–H and O–H groups in total. The van der Waals surface area contributed by atoms with Gasteiger partial charge in [-0.15, -0.1) is 0 Å². The van der Waals surface area contributed by atoms with Gasteiger partial charge in [0.25, 0.3) is 5.56 Å². The number of rotatable bonds is 8. The zero-order valence-electron chi connectivity index (χ0n) is 19.2. The Morgan fingerprint density at radius 3 is 2.42 bits per heavy atom.